The van der Waals surface area contributed by atoms with Crippen LogP contribution in [0, 0.1) is 11.8 Å². The van der Waals surface area contributed by atoms with Gasteiger partial charge in [-0.05, 0) is 43.5 Å². The van der Waals surface area contributed by atoms with Gasteiger partial charge in [0.15, 0.2) is 0 Å². The molecule has 2 N–H and O–H groups in total. The third kappa shape index (κ3) is 3.83. The van der Waals surface area contributed by atoms with Gasteiger partial charge < -0.3 is 5.32 Å². The van der Waals surface area contributed by atoms with Gasteiger partial charge in [-0.1, -0.05) is 19.8 Å². The molecule has 0 bridgehead atoms. The van der Waals surface area contributed by atoms with Gasteiger partial charge in [0.05, 0.1) is 22.4 Å². The molecule has 0 spiro atoms. The lowest BCUT2D eigenvalue weighted by Gasteiger charge is -2.19. The molecule has 1 saturated carbocycles. The number of nitrogens with zero attached hydrogens (tertiary/aromatic N) is 1. The molecule has 0 aromatic heterocycles. The van der Waals surface area contributed by atoms with Gasteiger partial charge in [-0.3, -0.25) is 14.5 Å². The molecule has 2 fully saturated rings. The van der Waals surface area contributed by atoms with E-state index >= 15 is 0 Å². The fourth-order valence-electron chi connectivity index (χ4n) is 3.65. The number of benzene rings is 1. The topological polar surface area (TPSA) is 113 Å². The van der Waals surface area contributed by atoms with Crippen LogP contribution in [0.2, 0.25) is 0 Å². The third-order valence-corrected chi connectivity index (χ3v) is 6.36. The highest BCUT2D eigenvalue weighted by molar-refractivity contribution is 7.90. The van der Waals surface area contributed by atoms with Gasteiger partial charge in [0.2, 0.25) is 11.8 Å². The first-order valence-electron chi connectivity index (χ1n) is 9.13. The first kappa shape index (κ1) is 19.3. The number of hydrogen-bond acceptors (Lipinski definition) is 5. The molecule has 27 heavy (non-hydrogen) atoms. The molecule has 1 aliphatic heterocycles. The summed E-state index contributed by atoms with van der Waals surface area (Å²) in [5.41, 5.74) is 0.355. The smallest absolute Gasteiger partial charge is 0.328 e. The molecule has 4 amide bonds. The van der Waals surface area contributed by atoms with E-state index in [1.165, 1.54) is 29.2 Å². The summed E-state index contributed by atoms with van der Waals surface area (Å²) < 4.78 is 26.4. The first-order chi connectivity index (χ1) is 12.8. The number of imide groups is 1. The van der Waals surface area contributed by atoms with Gasteiger partial charge in [-0.25, -0.2) is 17.9 Å². The zero-order valence-corrected chi connectivity index (χ0v) is 15.9. The predicted molar refractivity (Wildman–Crippen MR) is 98.4 cm³/mol. The lowest BCUT2D eigenvalue weighted by atomic mass is 9.81. The SMILES string of the molecule is CCCNC(=O)NS(=O)(=O)c1ccc(N2C(=O)C3CCCCC3C2=O)cc1. The zero-order chi connectivity index (χ0) is 19.6. The number of nitrogens with one attached hydrogen (secondary N) is 2. The van der Waals surface area contributed by atoms with E-state index in [9.17, 15) is 22.8 Å². The van der Waals surface area contributed by atoms with Crippen LogP contribution in [0.5, 0.6) is 0 Å². The summed E-state index contributed by atoms with van der Waals surface area (Å²) in [4.78, 5) is 37.8. The van der Waals surface area contributed by atoms with E-state index in [1.54, 1.807) is 0 Å². The second-order valence-corrected chi connectivity index (χ2v) is 8.55. The number of hydrogen-bond donors (Lipinski definition) is 2. The summed E-state index contributed by atoms with van der Waals surface area (Å²) in [5.74, 6) is -0.952. The number of carbonyl (C=O) groups is 3. The molecule has 3 rings (SSSR count). The number of anilines is 1. The molecule has 1 aliphatic carbocycles. The molecular weight excluding hydrogens is 370 g/mol. The standard InChI is InChI=1S/C18H23N3O5S/c1-2-11-19-18(24)20-27(25,26)13-9-7-12(8-10-13)21-16(22)14-5-3-4-6-15(14)17(21)23/h7-10,14-15H,2-6,11H2,1H3,(H2,19,20,24). The van der Waals surface area contributed by atoms with Crippen molar-refractivity contribution in [3.05, 3.63) is 24.3 Å². The Morgan fingerprint density at radius 1 is 1.07 bits per heavy atom. The summed E-state index contributed by atoms with van der Waals surface area (Å²) >= 11 is 0. The number of sulfonamides is 1. The maximum absolute atomic E-state index is 12.6. The van der Waals surface area contributed by atoms with Crippen LogP contribution >= 0.6 is 0 Å². The van der Waals surface area contributed by atoms with Crippen LogP contribution in [0.15, 0.2) is 29.2 Å². The summed E-state index contributed by atoms with van der Waals surface area (Å²) in [7, 11) is -4.03. The Hall–Kier alpha value is -2.42. The van der Waals surface area contributed by atoms with Crippen molar-refractivity contribution in [3.63, 3.8) is 0 Å². The third-order valence-electron chi connectivity index (χ3n) is 5.01. The molecule has 1 aromatic carbocycles. The Labute approximate surface area is 158 Å². The fourth-order valence-corrected chi connectivity index (χ4v) is 4.58. The van der Waals surface area contributed by atoms with E-state index in [0.717, 1.165) is 25.7 Å². The van der Waals surface area contributed by atoms with Crippen LogP contribution in [-0.4, -0.2) is 32.8 Å². The molecule has 8 nitrogen and oxygen atoms in total. The van der Waals surface area contributed by atoms with Gasteiger partial charge in [0.1, 0.15) is 0 Å². The van der Waals surface area contributed by atoms with Gasteiger partial charge >= 0.3 is 6.03 Å². The lowest BCUT2D eigenvalue weighted by Crippen LogP contribution is -2.39. The minimum Gasteiger partial charge on any atom is -0.337 e. The first-order valence-corrected chi connectivity index (χ1v) is 10.6. The second kappa shape index (κ2) is 7.67. The number of rotatable bonds is 5. The largest absolute Gasteiger partial charge is 0.337 e. The van der Waals surface area contributed by atoms with Crippen LogP contribution in [-0.2, 0) is 19.6 Å². The van der Waals surface area contributed by atoms with Crippen molar-refractivity contribution >= 4 is 33.6 Å². The quantitative estimate of drug-likeness (QED) is 0.740. The number of carbonyl (C=O) groups excluding carboxylic acids is 3. The van der Waals surface area contributed by atoms with Crippen molar-refractivity contribution in [2.75, 3.05) is 11.4 Å². The normalized spacial score (nSPS) is 22.5. The molecule has 146 valence electrons. The zero-order valence-electron chi connectivity index (χ0n) is 15.1. The van der Waals surface area contributed by atoms with Gasteiger partial charge in [-0.15, -0.1) is 0 Å². The van der Waals surface area contributed by atoms with E-state index in [2.05, 4.69) is 5.32 Å². The van der Waals surface area contributed by atoms with Gasteiger partial charge in [0, 0.05) is 6.54 Å². The molecule has 1 saturated heterocycles. The van der Waals surface area contributed by atoms with Crippen molar-refractivity contribution in [3.8, 4) is 0 Å². The van der Waals surface area contributed by atoms with Crippen LogP contribution in [0.25, 0.3) is 0 Å². The van der Waals surface area contributed by atoms with E-state index < -0.39 is 16.1 Å². The summed E-state index contributed by atoms with van der Waals surface area (Å²) in [6, 6.07) is 4.62. The molecule has 1 heterocycles. The van der Waals surface area contributed by atoms with Crippen molar-refractivity contribution < 1.29 is 22.8 Å². The maximum atomic E-state index is 12.6. The number of urea groups is 1. The van der Waals surface area contributed by atoms with E-state index in [1.807, 2.05) is 11.6 Å². The van der Waals surface area contributed by atoms with Gasteiger partial charge in [-0.2, -0.15) is 0 Å². The Morgan fingerprint density at radius 2 is 1.63 bits per heavy atom. The highest BCUT2D eigenvalue weighted by atomic mass is 32.2. The molecule has 9 heteroatoms. The van der Waals surface area contributed by atoms with Crippen LogP contribution in [0.1, 0.15) is 39.0 Å². The van der Waals surface area contributed by atoms with Crippen LogP contribution in [0.4, 0.5) is 10.5 Å². The Morgan fingerprint density at radius 3 is 2.15 bits per heavy atom. The number of fused-ring (bicyclic) bond motifs is 1. The minimum atomic E-state index is -4.03. The summed E-state index contributed by atoms with van der Waals surface area (Å²) in [6.45, 7) is 2.21. The molecule has 0 radical (unpaired) electrons. The average Bonchev–Trinajstić information content (AvgIpc) is 2.91. The predicted octanol–water partition coefficient (Wildman–Crippen LogP) is 1.76. The Kier molecular flexibility index (Phi) is 5.50. The molecular formula is C18H23N3O5S. The molecule has 2 atom stereocenters. The molecule has 2 unspecified atom stereocenters. The van der Waals surface area contributed by atoms with Crippen LogP contribution in [0.3, 0.4) is 0 Å². The second-order valence-electron chi connectivity index (χ2n) is 6.86. The highest BCUT2D eigenvalue weighted by Gasteiger charge is 2.48. The highest BCUT2D eigenvalue weighted by Crippen LogP contribution is 2.40. The monoisotopic (exact) mass is 393 g/mol. The summed E-state index contributed by atoms with van der Waals surface area (Å²) in [6.07, 6.45) is 4.00. The Bertz CT molecular complexity index is 826. The van der Waals surface area contributed by atoms with Crippen molar-refractivity contribution in [2.45, 2.75) is 43.9 Å². The van der Waals surface area contributed by atoms with E-state index in [4.69, 9.17) is 0 Å². The summed E-state index contributed by atoms with van der Waals surface area (Å²) in [5, 5.41) is 2.43. The van der Waals surface area contributed by atoms with Crippen LogP contribution < -0.4 is 14.9 Å². The van der Waals surface area contributed by atoms with Crippen molar-refractivity contribution in [2.24, 2.45) is 11.8 Å². The van der Waals surface area contributed by atoms with Gasteiger partial charge in [0.25, 0.3) is 10.0 Å². The fraction of sp³-hybridized carbons (Fsp3) is 0.500. The minimum absolute atomic E-state index is 0.116. The average molecular weight is 393 g/mol. The molecule has 2 aliphatic rings. The van der Waals surface area contributed by atoms with E-state index in [-0.39, 0.29) is 28.5 Å². The Balaban J connectivity index is 1.76. The number of amides is 4. The van der Waals surface area contributed by atoms with Crippen molar-refractivity contribution in [1.82, 2.24) is 10.0 Å². The van der Waals surface area contributed by atoms with E-state index in [0.29, 0.717) is 18.7 Å². The lowest BCUT2D eigenvalue weighted by molar-refractivity contribution is -0.122. The molecule has 1 aromatic rings. The van der Waals surface area contributed by atoms with Crippen molar-refractivity contribution in [1.29, 1.82) is 0 Å². The maximum Gasteiger partial charge on any atom is 0.328 e.